The van der Waals surface area contributed by atoms with Crippen LogP contribution in [-0.4, -0.2) is 24.9 Å². The lowest BCUT2D eigenvalue weighted by atomic mass is 10.1. The first-order valence-electron chi connectivity index (χ1n) is 4.03. The van der Waals surface area contributed by atoms with Gasteiger partial charge in [-0.3, -0.25) is 9.79 Å². The predicted octanol–water partition coefficient (Wildman–Crippen LogP) is 1.65. The fourth-order valence-corrected chi connectivity index (χ4v) is 1.14. The van der Waals surface area contributed by atoms with Crippen molar-refractivity contribution in [1.29, 1.82) is 0 Å². The molecule has 0 aliphatic heterocycles. The average Bonchev–Trinajstić information content (AvgIpc) is 2.16. The highest BCUT2D eigenvalue weighted by Gasteiger charge is 2.05. The Bertz CT molecular complexity index is 360. The number of ether oxygens (including phenoxy) is 1. The van der Waals surface area contributed by atoms with Gasteiger partial charge >= 0.3 is 5.97 Å². The molecular weight excluding hydrogens is 182 g/mol. The summed E-state index contributed by atoms with van der Waals surface area (Å²) in [6, 6.07) is 5.03. The van der Waals surface area contributed by atoms with Gasteiger partial charge in [-0.2, -0.15) is 0 Å². The summed E-state index contributed by atoms with van der Waals surface area (Å²) in [6.45, 7) is 3.38. The zero-order valence-electron chi connectivity index (χ0n) is 7.86. The van der Waals surface area contributed by atoms with Gasteiger partial charge in [-0.1, -0.05) is 6.07 Å². The molecule has 0 saturated carbocycles. The summed E-state index contributed by atoms with van der Waals surface area (Å²) in [7, 11) is 1.53. The van der Waals surface area contributed by atoms with E-state index in [4.69, 9.17) is 9.84 Å². The van der Waals surface area contributed by atoms with Crippen molar-refractivity contribution in [2.75, 3.05) is 7.11 Å². The SMILES string of the molecule is C=Nc1cc(CC(=O)O)ccc1OC. The van der Waals surface area contributed by atoms with Crippen LogP contribution in [0.15, 0.2) is 23.2 Å². The smallest absolute Gasteiger partial charge is 0.307 e. The van der Waals surface area contributed by atoms with Crippen molar-refractivity contribution in [3.63, 3.8) is 0 Å². The lowest BCUT2D eigenvalue weighted by molar-refractivity contribution is -0.136. The second-order valence-electron chi connectivity index (χ2n) is 2.73. The number of benzene rings is 1. The molecule has 0 unspecified atom stereocenters. The van der Waals surface area contributed by atoms with E-state index in [1.54, 1.807) is 18.2 Å². The molecule has 0 atom stereocenters. The summed E-state index contributed by atoms with van der Waals surface area (Å²) >= 11 is 0. The Balaban J connectivity index is 3.01. The van der Waals surface area contributed by atoms with Crippen molar-refractivity contribution >= 4 is 18.4 Å². The van der Waals surface area contributed by atoms with Gasteiger partial charge in [0.15, 0.2) is 0 Å². The topological polar surface area (TPSA) is 58.9 Å². The zero-order chi connectivity index (χ0) is 10.6. The van der Waals surface area contributed by atoms with Crippen molar-refractivity contribution in [2.24, 2.45) is 4.99 Å². The van der Waals surface area contributed by atoms with Crippen LogP contribution in [0.2, 0.25) is 0 Å². The molecular formula is C10H11NO3. The molecule has 1 aromatic rings. The summed E-state index contributed by atoms with van der Waals surface area (Å²) in [5.41, 5.74) is 1.24. The monoisotopic (exact) mass is 193 g/mol. The Morgan fingerprint density at radius 3 is 2.86 bits per heavy atom. The molecule has 0 spiro atoms. The van der Waals surface area contributed by atoms with Crippen LogP contribution in [-0.2, 0) is 11.2 Å². The predicted molar refractivity (Wildman–Crippen MR) is 53.5 cm³/mol. The normalized spacial score (nSPS) is 9.50. The van der Waals surface area contributed by atoms with E-state index in [0.29, 0.717) is 17.0 Å². The number of carboxylic acids is 1. The summed E-state index contributed by atoms with van der Waals surface area (Å²) in [6.07, 6.45) is -0.0213. The average molecular weight is 193 g/mol. The molecule has 0 fully saturated rings. The van der Waals surface area contributed by atoms with E-state index in [-0.39, 0.29) is 6.42 Å². The first-order valence-corrected chi connectivity index (χ1v) is 4.03. The molecule has 0 radical (unpaired) electrons. The Morgan fingerprint density at radius 2 is 2.36 bits per heavy atom. The minimum atomic E-state index is -0.870. The third-order valence-corrected chi connectivity index (χ3v) is 1.77. The number of carboxylic acid groups (broad SMARTS) is 1. The lowest BCUT2D eigenvalue weighted by Crippen LogP contribution is -1.99. The van der Waals surface area contributed by atoms with Gasteiger partial charge in [0, 0.05) is 0 Å². The van der Waals surface area contributed by atoms with Gasteiger partial charge in [0.2, 0.25) is 0 Å². The fourth-order valence-electron chi connectivity index (χ4n) is 1.14. The highest BCUT2D eigenvalue weighted by Crippen LogP contribution is 2.27. The Hall–Kier alpha value is -1.84. The molecule has 0 aliphatic carbocycles. The molecule has 0 heterocycles. The van der Waals surface area contributed by atoms with E-state index < -0.39 is 5.97 Å². The summed E-state index contributed by atoms with van der Waals surface area (Å²) in [5, 5.41) is 8.58. The Labute approximate surface area is 81.9 Å². The molecule has 1 N–H and O–H groups in total. The van der Waals surface area contributed by atoms with Crippen LogP contribution in [0, 0.1) is 0 Å². The number of aliphatic carboxylic acids is 1. The first kappa shape index (κ1) is 10.2. The van der Waals surface area contributed by atoms with Crippen LogP contribution in [0.5, 0.6) is 5.75 Å². The first-order chi connectivity index (χ1) is 6.67. The minimum Gasteiger partial charge on any atom is -0.494 e. The van der Waals surface area contributed by atoms with E-state index in [1.807, 2.05) is 0 Å². The van der Waals surface area contributed by atoms with E-state index in [0.717, 1.165) is 0 Å². The van der Waals surface area contributed by atoms with Gasteiger partial charge in [0.25, 0.3) is 0 Å². The highest BCUT2D eigenvalue weighted by molar-refractivity contribution is 5.71. The highest BCUT2D eigenvalue weighted by atomic mass is 16.5. The van der Waals surface area contributed by atoms with Crippen molar-refractivity contribution in [1.82, 2.24) is 0 Å². The van der Waals surface area contributed by atoms with Crippen molar-refractivity contribution in [2.45, 2.75) is 6.42 Å². The molecule has 4 nitrogen and oxygen atoms in total. The number of rotatable bonds is 4. The van der Waals surface area contributed by atoms with Crippen molar-refractivity contribution < 1.29 is 14.6 Å². The molecule has 1 aromatic carbocycles. The third kappa shape index (κ3) is 2.32. The molecule has 0 aliphatic rings. The number of carbonyl (C=O) groups is 1. The number of hydrogen-bond acceptors (Lipinski definition) is 3. The van der Waals surface area contributed by atoms with Crippen LogP contribution in [0.1, 0.15) is 5.56 Å². The fraction of sp³-hybridized carbons (Fsp3) is 0.200. The minimum absolute atomic E-state index is 0.0213. The lowest BCUT2D eigenvalue weighted by Gasteiger charge is -2.05. The van der Waals surface area contributed by atoms with Gasteiger partial charge in [0.1, 0.15) is 11.4 Å². The second-order valence-corrected chi connectivity index (χ2v) is 2.73. The summed E-state index contributed by atoms with van der Waals surface area (Å²) < 4.78 is 5.02. The maximum Gasteiger partial charge on any atom is 0.307 e. The largest absolute Gasteiger partial charge is 0.494 e. The maximum absolute atomic E-state index is 10.4. The molecule has 0 aromatic heterocycles. The molecule has 0 bridgehead atoms. The molecule has 4 heteroatoms. The van der Waals surface area contributed by atoms with Crippen molar-refractivity contribution in [3.05, 3.63) is 23.8 Å². The third-order valence-electron chi connectivity index (χ3n) is 1.77. The summed E-state index contributed by atoms with van der Waals surface area (Å²) in [4.78, 5) is 14.2. The van der Waals surface area contributed by atoms with Crippen LogP contribution < -0.4 is 4.74 Å². The van der Waals surface area contributed by atoms with Gasteiger partial charge in [-0.15, -0.1) is 0 Å². The second kappa shape index (κ2) is 4.41. The van der Waals surface area contributed by atoms with Crippen LogP contribution in [0.4, 0.5) is 5.69 Å². The van der Waals surface area contributed by atoms with Crippen LogP contribution in [0.3, 0.4) is 0 Å². The van der Waals surface area contributed by atoms with Gasteiger partial charge in [-0.05, 0) is 24.4 Å². The van der Waals surface area contributed by atoms with Gasteiger partial charge in [0.05, 0.1) is 13.5 Å². The number of aliphatic imine (C=N–C) groups is 1. The number of hydrogen-bond donors (Lipinski definition) is 1. The van der Waals surface area contributed by atoms with Gasteiger partial charge < -0.3 is 9.84 Å². The molecule has 1 rings (SSSR count). The van der Waals surface area contributed by atoms with E-state index in [1.165, 1.54) is 7.11 Å². The quantitative estimate of drug-likeness (QED) is 0.739. The van der Waals surface area contributed by atoms with Crippen LogP contribution in [0.25, 0.3) is 0 Å². The molecule has 0 saturated heterocycles. The van der Waals surface area contributed by atoms with E-state index in [9.17, 15) is 4.79 Å². The zero-order valence-corrected chi connectivity index (χ0v) is 7.86. The Morgan fingerprint density at radius 1 is 1.64 bits per heavy atom. The Kier molecular flexibility index (Phi) is 3.23. The number of nitrogens with zero attached hydrogens (tertiary/aromatic N) is 1. The standard InChI is InChI=1S/C10H11NO3/c1-11-8-5-7(6-10(12)13)3-4-9(8)14-2/h3-5H,1,6H2,2H3,(H,12,13). The van der Waals surface area contributed by atoms with Crippen molar-refractivity contribution in [3.8, 4) is 5.75 Å². The molecule has 0 amide bonds. The van der Waals surface area contributed by atoms with E-state index >= 15 is 0 Å². The van der Waals surface area contributed by atoms with Crippen LogP contribution >= 0.6 is 0 Å². The summed E-state index contributed by atoms with van der Waals surface area (Å²) in [5.74, 6) is -0.278. The molecule has 74 valence electrons. The number of methoxy groups -OCH3 is 1. The van der Waals surface area contributed by atoms with E-state index in [2.05, 4.69) is 11.7 Å². The molecule has 14 heavy (non-hydrogen) atoms. The van der Waals surface area contributed by atoms with Gasteiger partial charge in [-0.25, -0.2) is 0 Å². The maximum atomic E-state index is 10.4.